The minimum absolute atomic E-state index is 0.0827. The Bertz CT molecular complexity index is 792. The molecule has 7 heteroatoms. The monoisotopic (exact) mass is 370 g/mol. The van der Waals surface area contributed by atoms with Gasteiger partial charge in [0.1, 0.15) is 19.2 Å². The van der Waals surface area contributed by atoms with Gasteiger partial charge in [0.2, 0.25) is 5.91 Å². The molecule has 2 amide bonds. The molecule has 0 aliphatic carbocycles. The van der Waals surface area contributed by atoms with Gasteiger partial charge in [-0.05, 0) is 23.6 Å². The van der Waals surface area contributed by atoms with Gasteiger partial charge in [-0.25, -0.2) is 9.59 Å². The molecule has 0 saturated heterocycles. The van der Waals surface area contributed by atoms with Crippen LogP contribution in [0.4, 0.5) is 4.79 Å². The van der Waals surface area contributed by atoms with Crippen molar-refractivity contribution >= 4 is 18.0 Å². The molecular formula is C20H22N2O5. The van der Waals surface area contributed by atoms with Crippen LogP contribution in [-0.4, -0.2) is 35.7 Å². The van der Waals surface area contributed by atoms with Gasteiger partial charge >= 0.3 is 12.1 Å². The van der Waals surface area contributed by atoms with Gasteiger partial charge in [0.25, 0.3) is 0 Å². The number of nitrogens with one attached hydrogen (secondary N) is 2. The summed E-state index contributed by atoms with van der Waals surface area (Å²) in [6.07, 6.45) is -0.591. The Morgan fingerprint density at radius 1 is 1.04 bits per heavy atom. The van der Waals surface area contributed by atoms with Gasteiger partial charge in [0, 0.05) is 6.42 Å². The Labute approximate surface area is 157 Å². The van der Waals surface area contributed by atoms with Crippen LogP contribution in [0.15, 0.2) is 54.6 Å². The summed E-state index contributed by atoms with van der Waals surface area (Å²) in [7, 11) is 0. The summed E-state index contributed by atoms with van der Waals surface area (Å²) in [5.74, 6) is -1.74. The molecule has 142 valence electrons. The third-order valence-electron chi connectivity index (χ3n) is 3.92. The maximum absolute atomic E-state index is 12.0. The summed E-state index contributed by atoms with van der Waals surface area (Å²) in [5, 5.41) is 14.1. The molecule has 27 heavy (non-hydrogen) atoms. The highest BCUT2D eigenvalue weighted by Crippen LogP contribution is 2.10. The number of aryl methyl sites for hydroxylation is 1. The summed E-state index contributed by atoms with van der Waals surface area (Å²) in [6.45, 7) is 1.59. The van der Waals surface area contributed by atoms with E-state index in [2.05, 4.69) is 10.6 Å². The first-order valence-corrected chi connectivity index (χ1v) is 8.47. The summed E-state index contributed by atoms with van der Waals surface area (Å²) >= 11 is 0. The van der Waals surface area contributed by atoms with Crippen LogP contribution in [0.25, 0.3) is 0 Å². The highest BCUT2D eigenvalue weighted by molar-refractivity contribution is 5.86. The predicted octanol–water partition coefficient (Wildman–Crippen LogP) is 2.03. The molecular weight excluding hydrogens is 348 g/mol. The Morgan fingerprint density at radius 3 is 2.37 bits per heavy atom. The zero-order chi connectivity index (χ0) is 19.6. The lowest BCUT2D eigenvalue weighted by atomic mass is 10.0. The fourth-order valence-electron chi connectivity index (χ4n) is 2.43. The van der Waals surface area contributed by atoms with E-state index >= 15 is 0 Å². The fourth-order valence-corrected chi connectivity index (χ4v) is 2.43. The first-order chi connectivity index (χ1) is 13.0. The van der Waals surface area contributed by atoms with Crippen LogP contribution in [0.2, 0.25) is 0 Å². The molecule has 0 aromatic heterocycles. The number of aliphatic carboxylic acids is 1. The molecule has 0 fully saturated rings. The molecule has 0 aliphatic heterocycles. The Morgan fingerprint density at radius 2 is 1.70 bits per heavy atom. The quantitative estimate of drug-likeness (QED) is 0.659. The molecule has 0 aliphatic rings. The number of ether oxygens (including phenoxy) is 1. The van der Waals surface area contributed by atoms with E-state index in [-0.39, 0.29) is 19.6 Å². The molecule has 0 radical (unpaired) electrons. The molecule has 2 aromatic carbocycles. The van der Waals surface area contributed by atoms with Gasteiger partial charge in [0.05, 0.1) is 0 Å². The molecule has 2 rings (SSSR count). The zero-order valence-electron chi connectivity index (χ0n) is 15.0. The molecule has 0 unspecified atom stereocenters. The number of hydrogen-bond donors (Lipinski definition) is 3. The number of carboxylic acids is 1. The summed E-state index contributed by atoms with van der Waals surface area (Å²) < 4.78 is 5.00. The summed E-state index contributed by atoms with van der Waals surface area (Å²) in [4.78, 5) is 35.0. The van der Waals surface area contributed by atoms with Crippen LogP contribution >= 0.6 is 0 Å². The number of benzene rings is 2. The number of hydrogen-bond acceptors (Lipinski definition) is 4. The lowest BCUT2D eigenvalue weighted by molar-refractivity contribution is -0.141. The van der Waals surface area contributed by atoms with E-state index in [0.717, 1.165) is 16.7 Å². The third kappa shape index (κ3) is 6.81. The van der Waals surface area contributed by atoms with Gasteiger partial charge in [-0.15, -0.1) is 0 Å². The van der Waals surface area contributed by atoms with Crippen LogP contribution in [0.5, 0.6) is 0 Å². The average molecular weight is 370 g/mol. The fraction of sp³-hybridized carbons (Fsp3) is 0.250. The third-order valence-corrected chi connectivity index (χ3v) is 3.92. The van der Waals surface area contributed by atoms with Gasteiger partial charge in [-0.2, -0.15) is 0 Å². The molecule has 1 atom stereocenters. The maximum atomic E-state index is 12.0. The SMILES string of the molecule is Cc1ccccc1C[C@@H](NC(=O)CNC(=O)OCc1ccccc1)C(=O)O. The average Bonchev–Trinajstić information content (AvgIpc) is 2.66. The molecule has 7 nitrogen and oxygen atoms in total. The van der Waals surface area contributed by atoms with Crippen LogP contribution in [0.3, 0.4) is 0 Å². The van der Waals surface area contributed by atoms with Crippen LogP contribution in [0.1, 0.15) is 16.7 Å². The first-order valence-electron chi connectivity index (χ1n) is 8.47. The van der Waals surface area contributed by atoms with Crippen molar-refractivity contribution in [2.45, 2.75) is 26.0 Å². The minimum atomic E-state index is -1.14. The molecule has 0 saturated carbocycles. The Hall–Kier alpha value is -3.35. The van der Waals surface area contributed by atoms with Crippen molar-refractivity contribution in [2.75, 3.05) is 6.54 Å². The molecule has 2 aromatic rings. The van der Waals surface area contributed by atoms with Gasteiger partial charge in [-0.3, -0.25) is 4.79 Å². The highest BCUT2D eigenvalue weighted by atomic mass is 16.5. The standard InChI is InChI=1S/C20H22N2O5/c1-14-7-5-6-10-16(14)11-17(19(24)25)22-18(23)12-21-20(26)27-13-15-8-3-2-4-9-15/h2-10,17H,11-13H2,1H3,(H,21,26)(H,22,23)(H,24,25)/t17-/m1/s1. The number of alkyl carbamates (subject to hydrolysis) is 1. The number of carboxylic acid groups (broad SMARTS) is 1. The maximum Gasteiger partial charge on any atom is 0.407 e. The molecule has 0 spiro atoms. The second-order valence-corrected chi connectivity index (χ2v) is 6.00. The number of carbonyl (C=O) groups is 3. The number of amides is 2. The van der Waals surface area contributed by atoms with Crippen molar-refractivity contribution in [1.82, 2.24) is 10.6 Å². The van der Waals surface area contributed by atoms with Gasteiger partial charge < -0.3 is 20.5 Å². The van der Waals surface area contributed by atoms with E-state index in [1.807, 2.05) is 61.5 Å². The second-order valence-electron chi connectivity index (χ2n) is 6.00. The second kappa shape index (κ2) is 9.96. The highest BCUT2D eigenvalue weighted by Gasteiger charge is 2.21. The van der Waals surface area contributed by atoms with E-state index in [9.17, 15) is 19.5 Å². The molecule has 3 N–H and O–H groups in total. The van der Waals surface area contributed by atoms with Crippen LogP contribution in [0, 0.1) is 6.92 Å². The zero-order valence-corrected chi connectivity index (χ0v) is 15.0. The lowest BCUT2D eigenvalue weighted by Crippen LogP contribution is -2.46. The van der Waals surface area contributed by atoms with E-state index in [4.69, 9.17) is 4.74 Å². The number of rotatable bonds is 8. The van der Waals surface area contributed by atoms with Crippen molar-refractivity contribution < 1.29 is 24.2 Å². The van der Waals surface area contributed by atoms with Crippen molar-refractivity contribution in [2.24, 2.45) is 0 Å². The number of carbonyl (C=O) groups excluding carboxylic acids is 2. The van der Waals surface area contributed by atoms with Crippen LogP contribution < -0.4 is 10.6 Å². The minimum Gasteiger partial charge on any atom is -0.480 e. The normalized spacial score (nSPS) is 11.3. The Kier molecular flexibility index (Phi) is 7.37. The smallest absolute Gasteiger partial charge is 0.407 e. The molecule has 0 bridgehead atoms. The first kappa shape index (κ1) is 20.0. The van der Waals surface area contributed by atoms with E-state index in [1.54, 1.807) is 0 Å². The van der Waals surface area contributed by atoms with E-state index < -0.39 is 24.0 Å². The molecule has 0 heterocycles. The van der Waals surface area contributed by atoms with Crippen LogP contribution in [-0.2, 0) is 27.4 Å². The van der Waals surface area contributed by atoms with Gasteiger partial charge in [-0.1, -0.05) is 54.6 Å². The van der Waals surface area contributed by atoms with E-state index in [0.29, 0.717) is 0 Å². The van der Waals surface area contributed by atoms with E-state index in [1.165, 1.54) is 0 Å². The lowest BCUT2D eigenvalue weighted by Gasteiger charge is -2.16. The van der Waals surface area contributed by atoms with Crippen molar-refractivity contribution in [3.8, 4) is 0 Å². The Balaban J connectivity index is 1.79. The van der Waals surface area contributed by atoms with Crippen molar-refractivity contribution in [3.63, 3.8) is 0 Å². The summed E-state index contributed by atoms with van der Waals surface area (Å²) in [5.41, 5.74) is 2.60. The topological polar surface area (TPSA) is 105 Å². The summed E-state index contributed by atoms with van der Waals surface area (Å²) in [6, 6.07) is 15.4. The predicted molar refractivity (Wildman–Crippen MR) is 99.1 cm³/mol. The largest absolute Gasteiger partial charge is 0.480 e. The van der Waals surface area contributed by atoms with Crippen molar-refractivity contribution in [3.05, 3.63) is 71.3 Å². The van der Waals surface area contributed by atoms with Crippen molar-refractivity contribution in [1.29, 1.82) is 0 Å². The van der Waals surface area contributed by atoms with Gasteiger partial charge in [0.15, 0.2) is 0 Å².